The largest absolute Gasteiger partial charge is 0.377 e. The molecule has 0 radical (unpaired) electrons. The summed E-state index contributed by atoms with van der Waals surface area (Å²) in [4.78, 5) is 0. The summed E-state index contributed by atoms with van der Waals surface area (Å²) in [6.07, 6.45) is 1.38. The number of nitrogens with one attached hydrogen (secondary N) is 1. The van der Waals surface area contributed by atoms with Crippen LogP contribution < -0.4 is 5.32 Å². The lowest BCUT2D eigenvalue weighted by molar-refractivity contribution is 0.0828. The van der Waals surface area contributed by atoms with E-state index in [2.05, 4.69) is 60.8 Å². The van der Waals surface area contributed by atoms with Crippen LogP contribution in [-0.2, 0) is 4.74 Å². The average molecular weight is 265 g/mol. The minimum Gasteiger partial charge on any atom is -0.377 e. The predicted octanol–water partition coefficient (Wildman–Crippen LogP) is 4.24. The molecule has 2 heteroatoms. The molecule has 0 unspecified atom stereocenters. The third kappa shape index (κ3) is 1.75. The predicted molar refractivity (Wildman–Crippen MR) is 80.8 cm³/mol. The Morgan fingerprint density at radius 2 is 1.90 bits per heavy atom. The summed E-state index contributed by atoms with van der Waals surface area (Å²) >= 11 is 0. The van der Waals surface area contributed by atoms with Gasteiger partial charge < -0.3 is 10.1 Å². The van der Waals surface area contributed by atoms with Crippen molar-refractivity contribution in [3.63, 3.8) is 0 Å². The topological polar surface area (TPSA) is 21.3 Å². The van der Waals surface area contributed by atoms with Crippen molar-refractivity contribution in [2.75, 3.05) is 11.9 Å². The van der Waals surface area contributed by atoms with Crippen molar-refractivity contribution in [2.45, 2.75) is 25.5 Å². The molecular weight excluding hydrogens is 246 g/mol. The van der Waals surface area contributed by atoms with Crippen molar-refractivity contribution >= 4 is 5.69 Å². The van der Waals surface area contributed by atoms with E-state index in [9.17, 15) is 0 Å². The molecule has 1 N–H and O–H groups in total. The lowest BCUT2D eigenvalue weighted by atomic mass is 9.80. The Kier molecular flexibility index (Phi) is 2.78. The third-order valence-corrected chi connectivity index (χ3v) is 4.64. The van der Waals surface area contributed by atoms with E-state index in [0.29, 0.717) is 12.0 Å². The Balaban J connectivity index is 1.82. The Morgan fingerprint density at radius 1 is 1.05 bits per heavy atom. The van der Waals surface area contributed by atoms with Gasteiger partial charge in [-0.1, -0.05) is 48.5 Å². The van der Waals surface area contributed by atoms with Crippen LogP contribution in [-0.4, -0.2) is 6.61 Å². The smallest absolute Gasteiger partial charge is 0.0896 e. The quantitative estimate of drug-likeness (QED) is 0.832. The second-order valence-corrected chi connectivity index (χ2v) is 5.82. The van der Waals surface area contributed by atoms with Gasteiger partial charge in [-0.3, -0.25) is 0 Å². The van der Waals surface area contributed by atoms with E-state index in [1.807, 2.05) is 0 Å². The number of hydrogen-bond donors (Lipinski definition) is 1. The summed E-state index contributed by atoms with van der Waals surface area (Å²) in [6, 6.07) is 17.6. The SMILES string of the molecule is Cc1cccc2c1N[C@@H](c1ccccc1)[C@@H]1CCO[C@H]21. The van der Waals surface area contributed by atoms with Gasteiger partial charge in [-0.15, -0.1) is 0 Å². The average Bonchev–Trinajstić information content (AvgIpc) is 2.97. The molecule has 0 bridgehead atoms. The van der Waals surface area contributed by atoms with Gasteiger partial charge in [0.05, 0.1) is 12.1 Å². The highest BCUT2D eigenvalue weighted by molar-refractivity contribution is 5.62. The lowest BCUT2D eigenvalue weighted by Crippen LogP contribution is -2.29. The molecule has 2 nitrogen and oxygen atoms in total. The second kappa shape index (κ2) is 4.64. The highest BCUT2D eigenvalue weighted by Crippen LogP contribution is 2.50. The monoisotopic (exact) mass is 265 g/mol. The number of para-hydroxylation sites is 1. The van der Waals surface area contributed by atoms with Crippen LogP contribution >= 0.6 is 0 Å². The fourth-order valence-corrected chi connectivity index (χ4v) is 3.65. The maximum atomic E-state index is 6.05. The molecule has 2 aliphatic heterocycles. The molecular formula is C18H19NO. The molecule has 2 aromatic rings. The Labute approximate surface area is 119 Å². The fraction of sp³-hybridized carbons (Fsp3) is 0.333. The van der Waals surface area contributed by atoms with Gasteiger partial charge in [-0.25, -0.2) is 0 Å². The molecule has 2 aliphatic rings. The number of anilines is 1. The van der Waals surface area contributed by atoms with E-state index in [4.69, 9.17) is 4.74 Å². The van der Waals surface area contributed by atoms with Crippen LogP contribution in [0, 0.1) is 12.8 Å². The van der Waals surface area contributed by atoms with E-state index in [1.54, 1.807) is 0 Å². The summed E-state index contributed by atoms with van der Waals surface area (Å²) in [6.45, 7) is 3.04. The number of ether oxygens (including phenoxy) is 1. The Hall–Kier alpha value is -1.80. The van der Waals surface area contributed by atoms with Gasteiger partial charge in [0, 0.05) is 23.8 Å². The first-order valence-corrected chi connectivity index (χ1v) is 7.37. The van der Waals surface area contributed by atoms with Crippen molar-refractivity contribution < 1.29 is 4.74 Å². The molecule has 4 rings (SSSR count). The highest BCUT2D eigenvalue weighted by atomic mass is 16.5. The van der Waals surface area contributed by atoms with Crippen molar-refractivity contribution in [1.82, 2.24) is 0 Å². The van der Waals surface area contributed by atoms with E-state index in [1.165, 1.54) is 22.4 Å². The zero-order valence-corrected chi connectivity index (χ0v) is 11.7. The Morgan fingerprint density at radius 3 is 2.75 bits per heavy atom. The van der Waals surface area contributed by atoms with Crippen molar-refractivity contribution in [1.29, 1.82) is 0 Å². The van der Waals surface area contributed by atoms with E-state index in [-0.39, 0.29) is 6.10 Å². The van der Waals surface area contributed by atoms with Gasteiger partial charge in [-0.05, 0) is 24.5 Å². The number of hydrogen-bond acceptors (Lipinski definition) is 2. The molecule has 20 heavy (non-hydrogen) atoms. The fourth-order valence-electron chi connectivity index (χ4n) is 3.65. The zero-order chi connectivity index (χ0) is 13.5. The first kappa shape index (κ1) is 12.0. The molecule has 102 valence electrons. The molecule has 2 aromatic carbocycles. The van der Waals surface area contributed by atoms with Gasteiger partial charge in [0.1, 0.15) is 0 Å². The summed E-state index contributed by atoms with van der Waals surface area (Å²) in [5, 5.41) is 3.77. The van der Waals surface area contributed by atoms with Gasteiger partial charge >= 0.3 is 0 Å². The van der Waals surface area contributed by atoms with Crippen LogP contribution in [0.15, 0.2) is 48.5 Å². The van der Waals surface area contributed by atoms with Crippen LogP contribution in [0.25, 0.3) is 0 Å². The summed E-state index contributed by atoms with van der Waals surface area (Å²) in [7, 11) is 0. The van der Waals surface area contributed by atoms with Gasteiger partial charge in [0.25, 0.3) is 0 Å². The van der Waals surface area contributed by atoms with Crippen molar-refractivity contribution in [3.8, 4) is 0 Å². The van der Waals surface area contributed by atoms with Crippen LogP contribution in [0.5, 0.6) is 0 Å². The van der Waals surface area contributed by atoms with Crippen LogP contribution in [0.1, 0.15) is 35.3 Å². The third-order valence-electron chi connectivity index (χ3n) is 4.64. The van der Waals surface area contributed by atoms with E-state index < -0.39 is 0 Å². The normalized spacial score (nSPS) is 27.6. The standard InChI is InChI=1S/C18H19NO/c1-12-6-5-9-14-16(12)19-17(13-7-3-2-4-8-13)15-10-11-20-18(14)15/h2-9,15,17-19H,10-11H2,1H3/t15-,17-,18+/m0/s1. The highest BCUT2D eigenvalue weighted by Gasteiger charge is 2.41. The van der Waals surface area contributed by atoms with Crippen LogP contribution in [0.2, 0.25) is 0 Å². The number of rotatable bonds is 1. The van der Waals surface area contributed by atoms with E-state index in [0.717, 1.165) is 13.0 Å². The van der Waals surface area contributed by atoms with Crippen molar-refractivity contribution in [3.05, 3.63) is 65.2 Å². The van der Waals surface area contributed by atoms with Crippen molar-refractivity contribution in [2.24, 2.45) is 5.92 Å². The first-order chi connectivity index (χ1) is 9.84. The van der Waals surface area contributed by atoms with Gasteiger partial charge in [-0.2, -0.15) is 0 Å². The molecule has 2 heterocycles. The minimum absolute atomic E-state index is 0.247. The molecule has 0 spiro atoms. The van der Waals surface area contributed by atoms with Crippen LogP contribution in [0.3, 0.4) is 0 Å². The first-order valence-electron chi connectivity index (χ1n) is 7.37. The zero-order valence-electron chi connectivity index (χ0n) is 11.7. The maximum absolute atomic E-state index is 6.05. The molecule has 1 saturated heterocycles. The molecule has 1 fully saturated rings. The van der Waals surface area contributed by atoms with Gasteiger partial charge in [0.2, 0.25) is 0 Å². The molecule has 0 aromatic heterocycles. The lowest BCUT2D eigenvalue weighted by Gasteiger charge is -2.37. The summed E-state index contributed by atoms with van der Waals surface area (Å²) < 4.78 is 6.05. The number of benzene rings is 2. The summed E-state index contributed by atoms with van der Waals surface area (Å²) in [5.41, 5.74) is 5.27. The molecule has 0 amide bonds. The molecule has 0 aliphatic carbocycles. The number of aryl methyl sites for hydroxylation is 1. The van der Waals surface area contributed by atoms with Gasteiger partial charge in [0.15, 0.2) is 0 Å². The van der Waals surface area contributed by atoms with Crippen LogP contribution in [0.4, 0.5) is 5.69 Å². The second-order valence-electron chi connectivity index (χ2n) is 5.82. The molecule has 0 saturated carbocycles. The summed E-state index contributed by atoms with van der Waals surface area (Å²) in [5.74, 6) is 0.534. The number of fused-ring (bicyclic) bond motifs is 3. The van der Waals surface area contributed by atoms with E-state index >= 15 is 0 Å². The minimum atomic E-state index is 0.247. The maximum Gasteiger partial charge on any atom is 0.0896 e. The Bertz CT molecular complexity index is 623. The molecule has 3 atom stereocenters.